The maximum absolute atomic E-state index is 12.6. The van der Waals surface area contributed by atoms with Gasteiger partial charge in [-0.25, -0.2) is 4.68 Å². The van der Waals surface area contributed by atoms with E-state index in [1.807, 2.05) is 70.2 Å². The van der Waals surface area contributed by atoms with E-state index in [0.717, 1.165) is 27.9 Å². The molecule has 0 saturated carbocycles. The molecule has 27 heavy (non-hydrogen) atoms. The van der Waals surface area contributed by atoms with Crippen molar-refractivity contribution in [3.05, 3.63) is 59.2 Å². The number of nitrogens with one attached hydrogen (secondary N) is 1. The number of amides is 1. The summed E-state index contributed by atoms with van der Waals surface area (Å²) in [5.41, 5.74) is 4.99. The number of benzene rings is 2. The van der Waals surface area contributed by atoms with E-state index < -0.39 is 0 Å². The van der Waals surface area contributed by atoms with E-state index in [1.165, 1.54) is 16.4 Å². The molecule has 6 nitrogen and oxygen atoms in total. The van der Waals surface area contributed by atoms with Crippen molar-refractivity contribution in [2.45, 2.75) is 38.1 Å². The summed E-state index contributed by atoms with van der Waals surface area (Å²) >= 11 is 1.28. The van der Waals surface area contributed by atoms with Crippen molar-refractivity contribution in [1.29, 1.82) is 0 Å². The Morgan fingerprint density at radius 1 is 1.07 bits per heavy atom. The summed E-state index contributed by atoms with van der Waals surface area (Å²) in [7, 11) is 0. The van der Waals surface area contributed by atoms with Gasteiger partial charge in [0.05, 0.1) is 5.25 Å². The Hall–Kier alpha value is -2.80. The monoisotopic (exact) mass is 381 g/mol. The Kier molecular flexibility index (Phi) is 5.51. The van der Waals surface area contributed by atoms with Gasteiger partial charge in [0.15, 0.2) is 5.82 Å². The van der Waals surface area contributed by atoms with Crippen LogP contribution in [0.15, 0.2) is 47.6 Å². The number of hydrogen-bond acceptors (Lipinski definition) is 5. The van der Waals surface area contributed by atoms with Crippen LogP contribution in [0.4, 0.5) is 5.69 Å². The lowest BCUT2D eigenvalue weighted by atomic mass is 10.1. The first-order valence-corrected chi connectivity index (χ1v) is 9.55. The molecule has 0 bridgehead atoms. The van der Waals surface area contributed by atoms with Gasteiger partial charge in [-0.1, -0.05) is 53.7 Å². The van der Waals surface area contributed by atoms with Crippen LogP contribution in [0, 0.1) is 20.8 Å². The average molecular weight is 382 g/mol. The summed E-state index contributed by atoms with van der Waals surface area (Å²) in [6.45, 7) is 7.81. The Morgan fingerprint density at radius 2 is 1.74 bits per heavy atom. The molecule has 3 aromatic rings. The topological polar surface area (TPSA) is 85.8 Å². The average Bonchev–Trinajstić information content (AvgIpc) is 2.99. The van der Waals surface area contributed by atoms with Crippen molar-refractivity contribution in [3.8, 4) is 11.4 Å². The lowest BCUT2D eigenvalue weighted by Gasteiger charge is -2.13. The van der Waals surface area contributed by atoms with Crippen LogP contribution >= 0.6 is 11.8 Å². The van der Waals surface area contributed by atoms with E-state index in [0.29, 0.717) is 11.0 Å². The Labute approximate surface area is 163 Å². The minimum Gasteiger partial charge on any atom is -0.335 e. The molecular weight excluding hydrogens is 358 g/mol. The molecule has 0 radical (unpaired) electrons. The van der Waals surface area contributed by atoms with Gasteiger partial charge in [0.2, 0.25) is 11.1 Å². The Bertz CT molecular complexity index is 965. The number of thioether (sulfide) groups is 1. The van der Waals surface area contributed by atoms with Gasteiger partial charge in [0, 0.05) is 11.3 Å². The second-order valence-corrected chi connectivity index (χ2v) is 7.92. The van der Waals surface area contributed by atoms with E-state index in [4.69, 9.17) is 5.84 Å². The summed E-state index contributed by atoms with van der Waals surface area (Å²) in [4.78, 5) is 12.6. The van der Waals surface area contributed by atoms with Gasteiger partial charge in [0.25, 0.3) is 0 Å². The van der Waals surface area contributed by atoms with Crippen LogP contribution in [-0.2, 0) is 4.79 Å². The minimum atomic E-state index is -0.373. The summed E-state index contributed by atoms with van der Waals surface area (Å²) < 4.78 is 1.43. The van der Waals surface area contributed by atoms with Crippen molar-refractivity contribution in [3.63, 3.8) is 0 Å². The third-order valence-corrected chi connectivity index (χ3v) is 5.33. The fourth-order valence-corrected chi connectivity index (χ4v) is 3.34. The molecular formula is C20H23N5OS. The summed E-state index contributed by atoms with van der Waals surface area (Å²) in [6, 6.07) is 13.9. The molecule has 1 heterocycles. The number of carbonyl (C=O) groups is 1. The van der Waals surface area contributed by atoms with Crippen LogP contribution in [0.3, 0.4) is 0 Å². The lowest BCUT2D eigenvalue weighted by Crippen LogP contribution is -2.24. The number of carbonyl (C=O) groups excluding carboxylic acids is 1. The molecule has 0 fully saturated rings. The number of rotatable bonds is 5. The molecule has 0 aliphatic heterocycles. The van der Waals surface area contributed by atoms with Gasteiger partial charge in [-0.05, 0) is 44.9 Å². The van der Waals surface area contributed by atoms with E-state index in [9.17, 15) is 4.79 Å². The maximum Gasteiger partial charge on any atom is 0.237 e. The first kappa shape index (κ1) is 19.0. The van der Waals surface area contributed by atoms with Crippen LogP contribution in [-0.4, -0.2) is 26.0 Å². The highest BCUT2D eigenvalue weighted by Gasteiger charge is 2.20. The minimum absolute atomic E-state index is 0.103. The predicted octanol–water partition coefficient (Wildman–Crippen LogP) is 3.70. The largest absolute Gasteiger partial charge is 0.335 e. The fraction of sp³-hybridized carbons (Fsp3) is 0.250. The number of nitrogen functional groups attached to an aromatic ring is 1. The number of nitrogens with two attached hydrogens (primary N) is 1. The van der Waals surface area contributed by atoms with E-state index in [2.05, 4.69) is 15.5 Å². The summed E-state index contributed by atoms with van der Waals surface area (Å²) in [5, 5.41) is 11.4. The molecule has 1 aromatic heterocycles. The third kappa shape index (κ3) is 4.31. The van der Waals surface area contributed by atoms with Crippen LogP contribution in [0.2, 0.25) is 0 Å². The molecule has 0 aliphatic rings. The quantitative estimate of drug-likeness (QED) is 0.520. The van der Waals surface area contributed by atoms with Gasteiger partial charge < -0.3 is 11.2 Å². The predicted molar refractivity (Wildman–Crippen MR) is 110 cm³/mol. The number of aryl methyl sites for hydroxylation is 3. The number of anilines is 1. The zero-order chi connectivity index (χ0) is 19.6. The van der Waals surface area contributed by atoms with Crippen LogP contribution in [0.5, 0.6) is 0 Å². The molecule has 2 aromatic carbocycles. The molecule has 7 heteroatoms. The van der Waals surface area contributed by atoms with Crippen molar-refractivity contribution in [2.24, 2.45) is 0 Å². The van der Waals surface area contributed by atoms with Gasteiger partial charge in [-0.2, -0.15) is 0 Å². The van der Waals surface area contributed by atoms with Crippen molar-refractivity contribution >= 4 is 23.4 Å². The van der Waals surface area contributed by atoms with E-state index in [1.54, 1.807) is 0 Å². The number of hydrogen-bond donors (Lipinski definition) is 2. The van der Waals surface area contributed by atoms with E-state index in [-0.39, 0.29) is 11.2 Å². The third-order valence-electron chi connectivity index (χ3n) is 4.28. The molecule has 1 atom stereocenters. The van der Waals surface area contributed by atoms with Gasteiger partial charge >= 0.3 is 0 Å². The Balaban J connectivity index is 1.72. The molecule has 0 unspecified atom stereocenters. The normalized spacial score (nSPS) is 12.0. The lowest BCUT2D eigenvalue weighted by molar-refractivity contribution is -0.115. The molecule has 3 N–H and O–H groups in total. The summed E-state index contributed by atoms with van der Waals surface area (Å²) in [5.74, 6) is 6.62. The second-order valence-electron chi connectivity index (χ2n) is 6.61. The van der Waals surface area contributed by atoms with Crippen LogP contribution in [0.25, 0.3) is 11.4 Å². The van der Waals surface area contributed by atoms with E-state index >= 15 is 0 Å². The maximum atomic E-state index is 12.6. The van der Waals surface area contributed by atoms with Crippen LogP contribution in [0.1, 0.15) is 23.6 Å². The summed E-state index contributed by atoms with van der Waals surface area (Å²) in [6.07, 6.45) is 0. The highest BCUT2D eigenvalue weighted by molar-refractivity contribution is 8.00. The van der Waals surface area contributed by atoms with Gasteiger partial charge in [-0.3, -0.25) is 4.79 Å². The van der Waals surface area contributed by atoms with Crippen molar-refractivity contribution in [1.82, 2.24) is 14.9 Å². The molecule has 0 spiro atoms. The van der Waals surface area contributed by atoms with Crippen LogP contribution < -0.4 is 11.2 Å². The van der Waals surface area contributed by atoms with Gasteiger partial charge in [-0.15, -0.1) is 10.2 Å². The smallest absolute Gasteiger partial charge is 0.237 e. The zero-order valence-electron chi connectivity index (χ0n) is 15.9. The first-order chi connectivity index (χ1) is 12.8. The molecule has 140 valence electrons. The highest BCUT2D eigenvalue weighted by atomic mass is 32.2. The zero-order valence-corrected chi connectivity index (χ0v) is 16.7. The molecule has 1 amide bonds. The fourth-order valence-electron chi connectivity index (χ4n) is 2.57. The molecule has 0 saturated heterocycles. The number of nitrogens with zero attached hydrogens (tertiary/aromatic N) is 3. The van der Waals surface area contributed by atoms with Crippen molar-refractivity contribution < 1.29 is 4.79 Å². The standard InChI is InChI=1S/C20H23N5OS/c1-12-6-9-16(10-7-12)18-23-24-20(25(18)21)27-15(4)19(26)22-17-11-13(2)5-8-14(17)3/h5-11,15H,21H2,1-4H3,(H,22,26)/t15-/m0/s1. The Morgan fingerprint density at radius 3 is 2.44 bits per heavy atom. The first-order valence-electron chi connectivity index (χ1n) is 8.67. The van der Waals surface area contributed by atoms with Gasteiger partial charge in [0.1, 0.15) is 0 Å². The van der Waals surface area contributed by atoms with Crippen molar-refractivity contribution in [2.75, 3.05) is 11.2 Å². The highest BCUT2D eigenvalue weighted by Crippen LogP contribution is 2.26. The SMILES string of the molecule is Cc1ccc(-c2nnc(S[C@@H](C)C(=O)Nc3cc(C)ccc3C)n2N)cc1. The molecule has 0 aliphatic carbocycles. The second kappa shape index (κ2) is 7.84. The number of aromatic nitrogens is 3. The molecule has 3 rings (SSSR count).